The fourth-order valence-corrected chi connectivity index (χ4v) is 2.93. The van der Waals surface area contributed by atoms with Crippen LogP contribution in [-0.2, 0) is 16.6 Å². The Labute approximate surface area is 121 Å². The normalized spacial score (nSPS) is 13.2. The number of aryl methyl sites for hydroxylation is 1. The molecule has 7 nitrogen and oxygen atoms in total. The molecule has 1 aromatic rings. The molecule has 0 fully saturated rings. The summed E-state index contributed by atoms with van der Waals surface area (Å²) >= 11 is 0. The van der Waals surface area contributed by atoms with E-state index in [0.717, 1.165) is 5.69 Å². The predicted molar refractivity (Wildman–Crippen MR) is 79.0 cm³/mol. The number of likely N-dealkylation sites (N-methyl/N-ethyl adjacent to an activating group) is 1. The molecule has 0 aromatic carbocycles. The number of nitrogens with zero attached hydrogens (tertiary/aromatic N) is 2. The van der Waals surface area contributed by atoms with Crippen molar-refractivity contribution in [2.24, 2.45) is 0 Å². The van der Waals surface area contributed by atoms with Gasteiger partial charge in [-0.05, 0) is 41.9 Å². The molecule has 20 heavy (non-hydrogen) atoms. The molecule has 0 amide bonds. The smallest absolute Gasteiger partial charge is 0.260 e. The SMILES string of the molecule is CNCc1c(S(=O)(=O)NCC(C)(C)N(C)C)n[nH]c1C. The molecule has 1 rings (SSSR count). The van der Waals surface area contributed by atoms with Crippen molar-refractivity contribution in [3.8, 4) is 0 Å². The van der Waals surface area contributed by atoms with Crippen LogP contribution < -0.4 is 10.0 Å². The second-order valence-electron chi connectivity index (χ2n) is 5.69. The highest BCUT2D eigenvalue weighted by Crippen LogP contribution is 2.17. The quantitative estimate of drug-likeness (QED) is 0.662. The molecule has 3 N–H and O–H groups in total. The maximum atomic E-state index is 12.4. The lowest BCUT2D eigenvalue weighted by molar-refractivity contribution is 0.199. The van der Waals surface area contributed by atoms with Gasteiger partial charge < -0.3 is 10.2 Å². The van der Waals surface area contributed by atoms with E-state index in [4.69, 9.17) is 0 Å². The number of nitrogens with one attached hydrogen (secondary N) is 3. The van der Waals surface area contributed by atoms with Gasteiger partial charge in [-0.1, -0.05) is 0 Å². The summed E-state index contributed by atoms with van der Waals surface area (Å²) in [6.07, 6.45) is 0. The van der Waals surface area contributed by atoms with Gasteiger partial charge in [-0.3, -0.25) is 5.10 Å². The minimum Gasteiger partial charge on any atom is -0.316 e. The zero-order valence-electron chi connectivity index (χ0n) is 13.0. The van der Waals surface area contributed by atoms with Crippen LogP contribution in [0.5, 0.6) is 0 Å². The predicted octanol–water partition coefficient (Wildman–Crippen LogP) is 0.0560. The molecule has 0 aliphatic rings. The van der Waals surface area contributed by atoms with E-state index >= 15 is 0 Å². The molecule has 0 saturated heterocycles. The molecule has 1 heterocycles. The second-order valence-corrected chi connectivity index (χ2v) is 7.38. The number of hydrogen-bond donors (Lipinski definition) is 3. The molecule has 0 atom stereocenters. The standard InChI is InChI=1S/C12H25N5O2S/c1-9-10(7-13-4)11(16-15-9)20(18,19)14-8-12(2,3)17(5)6/h13-14H,7-8H2,1-6H3,(H,15,16). The van der Waals surface area contributed by atoms with Crippen LogP contribution >= 0.6 is 0 Å². The number of sulfonamides is 1. The highest BCUT2D eigenvalue weighted by molar-refractivity contribution is 7.89. The van der Waals surface area contributed by atoms with Crippen LogP contribution in [0.25, 0.3) is 0 Å². The van der Waals surface area contributed by atoms with Crippen LogP contribution in [-0.4, -0.2) is 56.7 Å². The summed E-state index contributed by atoms with van der Waals surface area (Å²) in [6, 6.07) is 0. The molecular weight excluding hydrogens is 278 g/mol. The molecule has 0 unspecified atom stereocenters. The van der Waals surface area contributed by atoms with E-state index in [1.807, 2.05) is 39.8 Å². The van der Waals surface area contributed by atoms with E-state index in [1.165, 1.54) is 0 Å². The third-order valence-electron chi connectivity index (χ3n) is 3.55. The van der Waals surface area contributed by atoms with Gasteiger partial charge in [-0.2, -0.15) is 5.10 Å². The van der Waals surface area contributed by atoms with Crippen molar-refractivity contribution in [2.75, 3.05) is 27.7 Å². The van der Waals surface area contributed by atoms with Crippen molar-refractivity contribution in [1.29, 1.82) is 0 Å². The lowest BCUT2D eigenvalue weighted by Gasteiger charge is -2.32. The van der Waals surface area contributed by atoms with Crippen LogP contribution in [0.1, 0.15) is 25.1 Å². The third-order valence-corrected chi connectivity index (χ3v) is 4.92. The van der Waals surface area contributed by atoms with Crippen molar-refractivity contribution in [3.63, 3.8) is 0 Å². The van der Waals surface area contributed by atoms with Crippen LogP contribution in [0, 0.1) is 6.92 Å². The summed E-state index contributed by atoms with van der Waals surface area (Å²) in [7, 11) is 1.98. The molecule has 8 heteroatoms. The van der Waals surface area contributed by atoms with E-state index in [2.05, 4.69) is 20.2 Å². The van der Waals surface area contributed by atoms with E-state index in [1.54, 1.807) is 7.05 Å². The minimum atomic E-state index is -3.62. The Morgan fingerprint density at radius 1 is 1.35 bits per heavy atom. The Kier molecular flexibility index (Phi) is 5.31. The van der Waals surface area contributed by atoms with Gasteiger partial charge in [0.25, 0.3) is 10.0 Å². The zero-order valence-corrected chi connectivity index (χ0v) is 13.8. The molecular formula is C12H25N5O2S. The van der Waals surface area contributed by atoms with Gasteiger partial charge in [0.15, 0.2) is 5.03 Å². The zero-order chi connectivity index (χ0) is 15.6. The second kappa shape index (κ2) is 6.21. The molecule has 0 saturated carbocycles. The Morgan fingerprint density at radius 3 is 2.45 bits per heavy atom. The van der Waals surface area contributed by atoms with E-state index in [-0.39, 0.29) is 10.6 Å². The minimum absolute atomic E-state index is 0.0684. The first-order valence-electron chi connectivity index (χ1n) is 6.47. The van der Waals surface area contributed by atoms with Gasteiger partial charge in [0.2, 0.25) is 0 Å². The molecule has 0 bridgehead atoms. The monoisotopic (exact) mass is 303 g/mol. The maximum absolute atomic E-state index is 12.4. The Balaban J connectivity index is 2.95. The van der Waals surface area contributed by atoms with Crippen molar-refractivity contribution in [2.45, 2.75) is 37.9 Å². The van der Waals surface area contributed by atoms with E-state index < -0.39 is 10.0 Å². The van der Waals surface area contributed by atoms with Gasteiger partial charge in [0.1, 0.15) is 0 Å². The lowest BCUT2D eigenvalue weighted by atomic mass is 10.1. The number of aromatic amines is 1. The first-order valence-corrected chi connectivity index (χ1v) is 7.95. The molecule has 0 aliphatic heterocycles. The Hall–Kier alpha value is -0.960. The number of aromatic nitrogens is 2. The number of rotatable bonds is 7. The summed E-state index contributed by atoms with van der Waals surface area (Å²) in [5.74, 6) is 0. The highest BCUT2D eigenvalue weighted by Gasteiger charge is 2.27. The summed E-state index contributed by atoms with van der Waals surface area (Å²) in [4.78, 5) is 1.97. The summed E-state index contributed by atoms with van der Waals surface area (Å²) in [5, 5.41) is 9.67. The highest BCUT2D eigenvalue weighted by atomic mass is 32.2. The topological polar surface area (TPSA) is 90.1 Å². The van der Waals surface area contributed by atoms with E-state index in [0.29, 0.717) is 18.7 Å². The van der Waals surface area contributed by atoms with Crippen LogP contribution in [0.2, 0.25) is 0 Å². The van der Waals surface area contributed by atoms with Gasteiger partial charge in [-0.15, -0.1) is 0 Å². The van der Waals surface area contributed by atoms with Crippen LogP contribution in [0.15, 0.2) is 5.03 Å². The van der Waals surface area contributed by atoms with Crippen LogP contribution in [0.3, 0.4) is 0 Å². The average Bonchev–Trinajstić information content (AvgIpc) is 2.70. The Bertz CT molecular complexity index is 548. The fourth-order valence-electron chi connectivity index (χ4n) is 1.54. The number of H-pyrrole nitrogens is 1. The van der Waals surface area contributed by atoms with Gasteiger partial charge in [0, 0.05) is 29.9 Å². The molecule has 0 aliphatic carbocycles. The third kappa shape index (κ3) is 3.78. The van der Waals surface area contributed by atoms with Crippen molar-refractivity contribution >= 4 is 10.0 Å². The fraction of sp³-hybridized carbons (Fsp3) is 0.750. The van der Waals surface area contributed by atoms with E-state index in [9.17, 15) is 8.42 Å². The van der Waals surface area contributed by atoms with Gasteiger partial charge in [0.05, 0.1) is 0 Å². The summed E-state index contributed by atoms with van der Waals surface area (Å²) in [5.41, 5.74) is 1.15. The lowest BCUT2D eigenvalue weighted by Crippen LogP contribution is -2.48. The molecule has 0 radical (unpaired) electrons. The largest absolute Gasteiger partial charge is 0.316 e. The first kappa shape index (κ1) is 17.1. The Morgan fingerprint density at radius 2 is 1.95 bits per heavy atom. The van der Waals surface area contributed by atoms with Crippen molar-refractivity contribution < 1.29 is 8.42 Å². The van der Waals surface area contributed by atoms with Crippen molar-refractivity contribution in [1.82, 2.24) is 25.1 Å². The maximum Gasteiger partial charge on any atom is 0.260 e. The van der Waals surface area contributed by atoms with Crippen LogP contribution in [0.4, 0.5) is 0 Å². The average molecular weight is 303 g/mol. The van der Waals surface area contributed by atoms with Gasteiger partial charge >= 0.3 is 0 Å². The molecule has 116 valence electrons. The number of hydrogen-bond acceptors (Lipinski definition) is 5. The molecule has 1 aromatic heterocycles. The summed E-state index contributed by atoms with van der Waals surface area (Å²) in [6.45, 7) is 6.52. The first-order chi connectivity index (χ1) is 9.12. The molecule has 0 spiro atoms. The summed E-state index contributed by atoms with van der Waals surface area (Å²) < 4.78 is 27.4. The van der Waals surface area contributed by atoms with Crippen molar-refractivity contribution in [3.05, 3.63) is 11.3 Å². The van der Waals surface area contributed by atoms with Gasteiger partial charge in [-0.25, -0.2) is 13.1 Å².